The predicted molar refractivity (Wildman–Crippen MR) is 113 cm³/mol. The second-order valence-electron chi connectivity index (χ2n) is 5.40. The number of rotatable bonds is 6. The Bertz CT molecular complexity index is 981. The minimum absolute atomic E-state index is 0.195. The number of aliphatic carboxylic acids is 1. The minimum Gasteiger partial charge on any atom is -0.477 e. The molecular weight excluding hydrogens is 477 g/mol. The third-order valence-electron chi connectivity index (χ3n) is 3.48. The summed E-state index contributed by atoms with van der Waals surface area (Å²) in [5, 5.41) is 13.5. The number of thiophene rings is 1. The number of benzene rings is 2. The Morgan fingerprint density at radius 2 is 1.78 bits per heavy atom. The fourth-order valence-electron chi connectivity index (χ4n) is 2.20. The quantitative estimate of drug-likeness (QED) is 0.376. The lowest BCUT2D eigenvalue weighted by molar-refractivity contribution is -0.132. The van der Waals surface area contributed by atoms with Crippen molar-refractivity contribution in [2.45, 2.75) is 0 Å². The molecule has 0 aliphatic heterocycles. The molecule has 7 heteroatoms. The van der Waals surface area contributed by atoms with E-state index in [1.807, 2.05) is 24.3 Å². The van der Waals surface area contributed by atoms with Gasteiger partial charge < -0.3 is 15.2 Å². The summed E-state index contributed by atoms with van der Waals surface area (Å²) in [6.07, 6.45) is 1.41. The maximum atomic E-state index is 12.1. The average Bonchev–Trinajstić information content (AvgIpc) is 3.19. The summed E-state index contributed by atoms with van der Waals surface area (Å²) in [6, 6.07) is 18.0. The number of ether oxygens (including phenoxy) is 1. The van der Waals surface area contributed by atoms with Crippen LogP contribution >= 0.6 is 33.9 Å². The Labute approximate surface area is 173 Å². The SMILES string of the molecule is O=C(O)/C(=C\c1ccc(Oc2ccccc2I)cc1)NC(=O)c1cccs1. The van der Waals surface area contributed by atoms with Crippen molar-refractivity contribution in [2.75, 3.05) is 0 Å². The largest absolute Gasteiger partial charge is 0.477 e. The summed E-state index contributed by atoms with van der Waals surface area (Å²) in [7, 11) is 0. The summed E-state index contributed by atoms with van der Waals surface area (Å²) >= 11 is 3.44. The van der Waals surface area contributed by atoms with E-state index in [0.717, 1.165) is 9.32 Å². The van der Waals surface area contributed by atoms with Gasteiger partial charge in [-0.05, 0) is 69.9 Å². The predicted octanol–water partition coefficient (Wildman–Crippen LogP) is 5.00. The lowest BCUT2D eigenvalue weighted by atomic mass is 10.2. The van der Waals surface area contributed by atoms with Gasteiger partial charge in [-0.25, -0.2) is 4.79 Å². The minimum atomic E-state index is -1.21. The number of carbonyl (C=O) groups is 2. The summed E-state index contributed by atoms with van der Waals surface area (Å²) in [6.45, 7) is 0. The number of hydrogen-bond acceptors (Lipinski definition) is 4. The zero-order valence-corrected chi connectivity index (χ0v) is 16.9. The standard InChI is InChI=1S/C20H14INO4S/c21-15-4-1-2-5-17(15)26-14-9-7-13(8-10-14)12-16(20(24)25)22-19(23)18-6-3-11-27-18/h1-12H,(H,22,23)(H,24,25)/b16-12+. The molecule has 1 heterocycles. The Hall–Kier alpha value is -2.65. The van der Waals surface area contributed by atoms with Crippen molar-refractivity contribution < 1.29 is 19.4 Å². The van der Waals surface area contributed by atoms with E-state index >= 15 is 0 Å². The van der Waals surface area contributed by atoms with Gasteiger partial charge in [0.1, 0.15) is 17.2 Å². The first kappa shape index (κ1) is 19.1. The normalized spacial score (nSPS) is 11.1. The molecule has 1 aromatic heterocycles. The van der Waals surface area contributed by atoms with Gasteiger partial charge in [-0.2, -0.15) is 0 Å². The van der Waals surface area contributed by atoms with Gasteiger partial charge in [-0.1, -0.05) is 30.3 Å². The van der Waals surface area contributed by atoms with E-state index in [0.29, 0.717) is 16.2 Å². The first-order valence-electron chi connectivity index (χ1n) is 7.85. The van der Waals surface area contributed by atoms with Crippen LogP contribution in [0.5, 0.6) is 11.5 Å². The summed E-state index contributed by atoms with van der Waals surface area (Å²) in [5.74, 6) is -0.275. The molecule has 0 spiro atoms. The summed E-state index contributed by atoms with van der Waals surface area (Å²) < 4.78 is 6.81. The highest BCUT2D eigenvalue weighted by Gasteiger charge is 2.14. The highest BCUT2D eigenvalue weighted by atomic mass is 127. The van der Waals surface area contributed by atoms with Crippen molar-refractivity contribution in [1.82, 2.24) is 5.32 Å². The van der Waals surface area contributed by atoms with Gasteiger partial charge in [0.15, 0.2) is 0 Å². The van der Waals surface area contributed by atoms with Gasteiger partial charge in [0, 0.05) is 0 Å². The molecule has 0 radical (unpaired) electrons. The van der Waals surface area contributed by atoms with Crippen molar-refractivity contribution in [1.29, 1.82) is 0 Å². The molecule has 0 aliphatic carbocycles. The molecule has 3 rings (SSSR count). The van der Waals surface area contributed by atoms with Crippen LogP contribution in [0.1, 0.15) is 15.2 Å². The van der Waals surface area contributed by atoms with E-state index in [-0.39, 0.29) is 5.70 Å². The molecule has 3 aromatic rings. The summed E-state index contributed by atoms with van der Waals surface area (Å²) in [5.41, 5.74) is 0.439. The number of carbonyl (C=O) groups excluding carboxylic acids is 1. The molecule has 2 aromatic carbocycles. The second kappa shape index (κ2) is 8.83. The van der Waals surface area contributed by atoms with Gasteiger partial charge in [0.25, 0.3) is 5.91 Å². The molecule has 0 saturated heterocycles. The fraction of sp³-hybridized carbons (Fsp3) is 0. The van der Waals surface area contributed by atoms with Crippen molar-refractivity contribution >= 4 is 51.9 Å². The monoisotopic (exact) mass is 491 g/mol. The van der Waals surface area contributed by atoms with Crippen LogP contribution in [-0.2, 0) is 4.79 Å². The van der Waals surface area contributed by atoms with E-state index in [9.17, 15) is 14.7 Å². The topological polar surface area (TPSA) is 75.6 Å². The van der Waals surface area contributed by atoms with Gasteiger partial charge in [0.05, 0.1) is 8.45 Å². The molecule has 1 amide bonds. The molecule has 0 atom stereocenters. The Kier molecular flexibility index (Phi) is 6.25. The van der Waals surface area contributed by atoms with Crippen LogP contribution in [-0.4, -0.2) is 17.0 Å². The Balaban J connectivity index is 1.75. The van der Waals surface area contributed by atoms with E-state index in [1.165, 1.54) is 17.4 Å². The highest BCUT2D eigenvalue weighted by molar-refractivity contribution is 14.1. The molecule has 0 bridgehead atoms. The van der Waals surface area contributed by atoms with E-state index in [4.69, 9.17) is 4.74 Å². The number of para-hydroxylation sites is 1. The lowest BCUT2D eigenvalue weighted by Gasteiger charge is -2.08. The van der Waals surface area contributed by atoms with E-state index in [2.05, 4.69) is 27.9 Å². The lowest BCUT2D eigenvalue weighted by Crippen LogP contribution is -2.26. The third-order valence-corrected chi connectivity index (χ3v) is 5.24. The molecule has 5 nitrogen and oxygen atoms in total. The smallest absolute Gasteiger partial charge is 0.352 e. The molecule has 2 N–H and O–H groups in total. The van der Waals surface area contributed by atoms with Crippen LogP contribution in [0.3, 0.4) is 0 Å². The van der Waals surface area contributed by atoms with Crippen LogP contribution in [0, 0.1) is 3.57 Å². The van der Waals surface area contributed by atoms with Gasteiger partial charge in [0.2, 0.25) is 0 Å². The molecule has 0 fully saturated rings. The number of amides is 1. The van der Waals surface area contributed by atoms with Crippen LogP contribution < -0.4 is 10.1 Å². The van der Waals surface area contributed by atoms with Gasteiger partial charge in [-0.3, -0.25) is 4.79 Å². The highest BCUT2D eigenvalue weighted by Crippen LogP contribution is 2.26. The first-order valence-corrected chi connectivity index (χ1v) is 9.81. The molecule has 0 aliphatic rings. The average molecular weight is 491 g/mol. The number of carboxylic acids is 1. The molecule has 27 heavy (non-hydrogen) atoms. The molecule has 0 saturated carbocycles. The molecular formula is C20H14INO4S. The molecule has 0 unspecified atom stereocenters. The van der Waals surface area contributed by atoms with Crippen molar-refractivity contribution in [2.24, 2.45) is 0 Å². The number of nitrogens with one attached hydrogen (secondary N) is 1. The van der Waals surface area contributed by atoms with Crippen LogP contribution in [0.2, 0.25) is 0 Å². The Morgan fingerprint density at radius 3 is 2.41 bits per heavy atom. The van der Waals surface area contributed by atoms with Crippen LogP contribution in [0.4, 0.5) is 0 Å². The maximum absolute atomic E-state index is 12.1. The van der Waals surface area contributed by atoms with Crippen molar-refractivity contribution in [3.8, 4) is 11.5 Å². The zero-order chi connectivity index (χ0) is 19.2. The van der Waals surface area contributed by atoms with Gasteiger partial charge in [-0.15, -0.1) is 11.3 Å². The number of halogens is 1. The van der Waals surface area contributed by atoms with Crippen LogP contribution in [0.25, 0.3) is 6.08 Å². The maximum Gasteiger partial charge on any atom is 0.352 e. The Morgan fingerprint density at radius 1 is 1.04 bits per heavy atom. The van der Waals surface area contributed by atoms with Crippen molar-refractivity contribution in [3.63, 3.8) is 0 Å². The first-order chi connectivity index (χ1) is 13.0. The second-order valence-corrected chi connectivity index (χ2v) is 7.51. The number of carboxylic acid groups (broad SMARTS) is 1. The van der Waals surface area contributed by atoms with Crippen molar-refractivity contribution in [3.05, 3.63) is 85.8 Å². The van der Waals surface area contributed by atoms with E-state index in [1.54, 1.807) is 41.8 Å². The molecule has 136 valence electrons. The van der Waals surface area contributed by atoms with Gasteiger partial charge >= 0.3 is 5.97 Å². The number of hydrogen-bond donors (Lipinski definition) is 2. The zero-order valence-electron chi connectivity index (χ0n) is 13.9. The van der Waals surface area contributed by atoms with Crippen LogP contribution in [0.15, 0.2) is 71.7 Å². The third kappa shape index (κ3) is 5.18. The summed E-state index contributed by atoms with van der Waals surface area (Å²) in [4.78, 5) is 24.0. The van der Waals surface area contributed by atoms with E-state index < -0.39 is 11.9 Å². The fourth-order valence-corrected chi connectivity index (χ4v) is 3.31.